The first-order chi connectivity index (χ1) is 4.22. The number of hydrogen-bond acceptors (Lipinski definition) is 2. The lowest BCUT2D eigenvalue weighted by Gasteiger charge is -2.07. The van der Waals surface area contributed by atoms with Gasteiger partial charge in [0.15, 0.2) is 0 Å². The van der Waals surface area contributed by atoms with E-state index in [1.54, 1.807) is 6.92 Å². The van der Waals surface area contributed by atoms with E-state index >= 15 is 0 Å². The summed E-state index contributed by atoms with van der Waals surface area (Å²) in [6.45, 7) is 8.57. The van der Waals surface area contributed by atoms with E-state index in [-0.39, 0.29) is 6.61 Å². The fraction of sp³-hybridized carbons (Fsp3) is 1.00. The quantitative estimate of drug-likeness (QED) is 0.606. The van der Waals surface area contributed by atoms with Gasteiger partial charge >= 0.3 is 0 Å². The summed E-state index contributed by atoms with van der Waals surface area (Å²) in [5, 5.41) is 7.57. The summed E-state index contributed by atoms with van der Waals surface area (Å²) < 4.78 is 0. The molecular formula is C7H19NO. The fourth-order valence-corrected chi connectivity index (χ4v) is 0.224. The van der Waals surface area contributed by atoms with Gasteiger partial charge in [0.05, 0.1) is 0 Å². The van der Waals surface area contributed by atoms with E-state index in [1.807, 2.05) is 0 Å². The molecule has 2 heteroatoms. The van der Waals surface area contributed by atoms with E-state index in [2.05, 4.69) is 25.8 Å². The minimum Gasteiger partial charge on any atom is -0.397 e. The van der Waals surface area contributed by atoms with Gasteiger partial charge in [-0.25, -0.2) is 0 Å². The van der Waals surface area contributed by atoms with E-state index in [1.165, 1.54) is 0 Å². The van der Waals surface area contributed by atoms with Crippen molar-refractivity contribution < 1.29 is 5.11 Å². The lowest BCUT2D eigenvalue weighted by molar-refractivity contribution is 0.318. The Kier molecular flexibility index (Phi) is 14.0. The Morgan fingerprint density at radius 3 is 1.33 bits per heavy atom. The van der Waals surface area contributed by atoms with Crippen LogP contribution < -0.4 is 0 Å². The van der Waals surface area contributed by atoms with Gasteiger partial charge in [0.1, 0.15) is 0 Å². The topological polar surface area (TPSA) is 23.5 Å². The molecule has 0 aromatic carbocycles. The van der Waals surface area contributed by atoms with Crippen molar-refractivity contribution >= 4 is 0 Å². The number of rotatable bonds is 2. The predicted octanol–water partition coefficient (Wildman–Crippen LogP) is 0.957. The van der Waals surface area contributed by atoms with Crippen molar-refractivity contribution in [3.05, 3.63) is 0 Å². The molecule has 0 aliphatic carbocycles. The van der Waals surface area contributed by atoms with Crippen LogP contribution in [0.5, 0.6) is 0 Å². The van der Waals surface area contributed by atoms with Gasteiger partial charge in [-0.05, 0) is 27.1 Å². The lowest BCUT2D eigenvalue weighted by atomic mass is 10.6. The SMILES string of the molecule is CCN(C)CC.CCO. The molecule has 0 aliphatic heterocycles. The van der Waals surface area contributed by atoms with Gasteiger partial charge in [-0.15, -0.1) is 0 Å². The van der Waals surface area contributed by atoms with E-state index < -0.39 is 0 Å². The van der Waals surface area contributed by atoms with Gasteiger partial charge in [-0.3, -0.25) is 0 Å². The van der Waals surface area contributed by atoms with Crippen LogP contribution in [-0.4, -0.2) is 36.8 Å². The van der Waals surface area contributed by atoms with Crippen LogP contribution in [0, 0.1) is 0 Å². The number of aliphatic hydroxyl groups excluding tert-OH is 1. The summed E-state index contributed by atoms with van der Waals surface area (Å²) in [5.41, 5.74) is 0. The summed E-state index contributed by atoms with van der Waals surface area (Å²) in [7, 11) is 2.11. The maximum absolute atomic E-state index is 7.57. The fourth-order valence-electron chi connectivity index (χ4n) is 0.224. The minimum atomic E-state index is 0.250. The Morgan fingerprint density at radius 1 is 1.11 bits per heavy atom. The molecule has 0 atom stereocenters. The highest BCUT2D eigenvalue weighted by atomic mass is 16.2. The van der Waals surface area contributed by atoms with Gasteiger partial charge in [0.25, 0.3) is 0 Å². The molecule has 0 radical (unpaired) electrons. The Labute approximate surface area is 58.5 Å². The maximum atomic E-state index is 7.57. The average Bonchev–Trinajstić information content (AvgIpc) is 1.88. The average molecular weight is 133 g/mol. The van der Waals surface area contributed by atoms with Crippen molar-refractivity contribution in [2.45, 2.75) is 20.8 Å². The zero-order chi connectivity index (χ0) is 7.70. The van der Waals surface area contributed by atoms with Gasteiger partial charge in [-0.2, -0.15) is 0 Å². The second kappa shape index (κ2) is 10.8. The molecule has 0 aromatic heterocycles. The first-order valence-corrected chi connectivity index (χ1v) is 3.52. The highest BCUT2D eigenvalue weighted by Gasteiger charge is 1.81. The molecule has 0 aliphatic rings. The van der Waals surface area contributed by atoms with Crippen molar-refractivity contribution in [2.24, 2.45) is 0 Å². The van der Waals surface area contributed by atoms with Gasteiger partial charge in [0, 0.05) is 6.61 Å². The molecule has 2 nitrogen and oxygen atoms in total. The predicted molar refractivity (Wildman–Crippen MR) is 41.6 cm³/mol. The first-order valence-electron chi connectivity index (χ1n) is 3.52. The van der Waals surface area contributed by atoms with Crippen LogP contribution in [-0.2, 0) is 0 Å². The summed E-state index contributed by atoms with van der Waals surface area (Å²) in [6, 6.07) is 0. The van der Waals surface area contributed by atoms with Crippen LogP contribution >= 0.6 is 0 Å². The highest BCUT2D eigenvalue weighted by molar-refractivity contribution is 4.36. The molecule has 0 fully saturated rings. The molecule has 58 valence electrons. The molecule has 9 heavy (non-hydrogen) atoms. The number of aliphatic hydroxyl groups is 1. The zero-order valence-electron chi connectivity index (χ0n) is 7.02. The van der Waals surface area contributed by atoms with Gasteiger partial charge in [-0.1, -0.05) is 13.8 Å². The second-order valence-corrected chi connectivity index (χ2v) is 1.80. The van der Waals surface area contributed by atoms with Crippen LogP contribution in [0.3, 0.4) is 0 Å². The molecule has 0 saturated heterocycles. The number of nitrogens with zero attached hydrogens (tertiary/aromatic N) is 1. The molecular weight excluding hydrogens is 114 g/mol. The maximum Gasteiger partial charge on any atom is 0.0402 e. The van der Waals surface area contributed by atoms with Crippen molar-refractivity contribution in [2.75, 3.05) is 26.7 Å². The monoisotopic (exact) mass is 133 g/mol. The van der Waals surface area contributed by atoms with E-state index in [0.29, 0.717) is 0 Å². The van der Waals surface area contributed by atoms with E-state index in [4.69, 9.17) is 5.11 Å². The zero-order valence-corrected chi connectivity index (χ0v) is 7.02. The molecule has 1 N–H and O–H groups in total. The lowest BCUT2D eigenvalue weighted by Crippen LogP contribution is -2.15. The largest absolute Gasteiger partial charge is 0.397 e. The summed E-state index contributed by atoms with van der Waals surface area (Å²) in [6.07, 6.45) is 0. The Hall–Kier alpha value is -0.0800. The smallest absolute Gasteiger partial charge is 0.0402 e. The van der Waals surface area contributed by atoms with Gasteiger partial charge < -0.3 is 10.0 Å². The van der Waals surface area contributed by atoms with Crippen LogP contribution in [0.25, 0.3) is 0 Å². The molecule has 0 unspecified atom stereocenters. The van der Waals surface area contributed by atoms with Crippen LogP contribution in [0.15, 0.2) is 0 Å². The molecule has 0 aromatic rings. The van der Waals surface area contributed by atoms with Crippen molar-refractivity contribution in [1.29, 1.82) is 0 Å². The third-order valence-corrected chi connectivity index (χ3v) is 1.08. The summed E-state index contributed by atoms with van der Waals surface area (Å²) >= 11 is 0. The van der Waals surface area contributed by atoms with Gasteiger partial charge in [0.2, 0.25) is 0 Å². The number of hydrogen-bond donors (Lipinski definition) is 1. The van der Waals surface area contributed by atoms with Crippen molar-refractivity contribution in [1.82, 2.24) is 4.90 Å². The summed E-state index contributed by atoms with van der Waals surface area (Å²) in [5.74, 6) is 0. The normalized spacial score (nSPS) is 8.67. The van der Waals surface area contributed by atoms with Crippen LogP contribution in [0.1, 0.15) is 20.8 Å². The summed E-state index contributed by atoms with van der Waals surface area (Å²) in [4.78, 5) is 2.25. The van der Waals surface area contributed by atoms with E-state index in [9.17, 15) is 0 Å². The molecule has 0 heterocycles. The third-order valence-electron chi connectivity index (χ3n) is 1.08. The Morgan fingerprint density at radius 2 is 1.33 bits per heavy atom. The Bertz CT molecular complexity index is 35.9. The minimum absolute atomic E-state index is 0.250. The molecule has 0 amide bonds. The molecule has 0 saturated carbocycles. The van der Waals surface area contributed by atoms with Crippen LogP contribution in [0.4, 0.5) is 0 Å². The van der Waals surface area contributed by atoms with E-state index in [0.717, 1.165) is 13.1 Å². The van der Waals surface area contributed by atoms with Crippen LogP contribution in [0.2, 0.25) is 0 Å². The standard InChI is InChI=1S/C5H13N.C2H6O/c1-4-6(3)5-2;1-2-3/h4-5H2,1-3H3;3H,2H2,1H3. The van der Waals surface area contributed by atoms with Crippen molar-refractivity contribution in [3.63, 3.8) is 0 Å². The second-order valence-electron chi connectivity index (χ2n) is 1.80. The highest BCUT2D eigenvalue weighted by Crippen LogP contribution is 1.73. The molecule has 0 spiro atoms. The molecule has 0 rings (SSSR count). The molecule has 0 bridgehead atoms. The first kappa shape index (κ1) is 11.7. The van der Waals surface area contributed by atoms with Crippen molar-refractivity contribution in [3.8, 4) is 0 Å². The third kappa shape index (κ3) is 18.1. The Balaban J connectivity index is 0.